The summed E-state index contributed by atoms with van der Waals surface area (Å²) in [5.74, 6) is -0.148. The molecule has 0 radical (unpaired) electrons. The van der Waals surface area contributed by atoms with Gasteiger partial charge < -0.3 is 19.8 Å². The Morgan fingerprint density at radius 2 is 1.02 bits per heavy atom. The summed E-state index contributed by atoms with van der Waals surface area (Å²) in [5.41, 5.74) is 0. The number of rotatable bonds is 44. The summed E-state index contributed by atoms with van der Waals surface area (Å²) < 4.78 is 23.6. The minimum atomic E-state index is -4.31. The highest BCUT2D eigenvalue weighted by atomic mass is 31.2. The second-order valence-electron chi connectivity index (χ2n) is 17.8. The van der Waals surface area contributed by atoms with E-state index in [-0.39, 0.29) is 19.1 Å². The molecule has 3 N–H and O–H groups in total. The lowest BCUT2D eigenvalue weighted by atomic mass is 10.0. The fourth-order valence-corrected chi connectivity index (χ4v) is 7.71. The van der Waals surface area contributed by atoms with Crippen LogP contribution in [0.15, 0.2) is 48.6 Å². The molecule has 0 aliphatic rings. The summed E-state index contributed by atoms with van der Waals surface area (Å²) in [4.78, 5) is 23.1. The minimum absolute atomic E-state index is 0.0741. The molecule has 0 saturated carbocycles. The maximum absolute atomic E-state index is 12.9. The Kier molecular flexibility index (Phi) is 40.7. The van der Waals surface area contributed by atoms with Gasteiger partial charge >= 0.3 is 7.82 Å². The summed E-state index contributed by atoms with van der Waals surface area (Å²) in [6.45, 7) is 4.74. The highest BCUT2D eigenvalue weighted by Crippen LogP contribution is 2.43. The van der Waals surface area contributed by atoms with E-state index in [0.717, 1.165) is 64.2 Å². The number of unbranched alkanes of at least 4 members (excludes halogenated alkanes) is 23. The van der Waals surface area contributed by atoms with Gasteiger partial charge in [-0.15, -0.1) is 0 Å². The number of nitrogens with zero attached hydrogens (tertiary/aromatic N) is 1. The Balaban J connectivity index is 3.99. The molecule has 0 aromatic heterocycles. The van der Waals surface area contributed by atoms with E-state index < -0.39 is 20.0 Å². The van der Waals surface area contributed by atoms with Crippen molar-refractivity contribution in [1.29, 1.82) is 0 Å². The van der Waals surface area contributed by atoms with Crippen LogP contribution in [0.5, 0.6) is 0 Å². The van der Waals surface area contributed by atoms with Gasteiger partial charge in [-0.05, 0) is 51.4 Å². The average molecular weight is 852 g/mol. The maximum atomic E-state index is 12.9. The highest BCUT2D eigenvalue weighted by Gasteiger charge is 2.28. The number of carbonyl (C=O) groups is 1. The van der Waals surface area contributed by atoms with Crippen molar-refractivity contribution in [3.63, 3.8) is 0 Å². The van der Waals surface area contributed by atoms with E-state index in [1.165, 1.54) is 122 Å². The van der Waals surface area contributed by atoms with E-state index in [9.17, 15) is 19.4 Å². The number of hydrogen-bond donors (Lipinski definition) is 3. The Bertz CT molecular complexity index is 1100. The molecule has 0 heterocycles. The van der Waals surface area contributed by atoms with E-state index in [0.29, 0.717) is 23.9 Å². The van der Waals surface area contributed by atoms with Crippen LogP contribution in [0.3, 0.4) is 0 Å². The molecule has 1 amide bonds. The molecule has 0 aliphatic heterocycles. The quantitative estimate of drug-likeness (QED) is 0.0244. The number of amides is 1. The van der Waals surface area contributed by atoms with Gasteiger partial charge in [-0.3, -0.25) is 13.8 Å². The molecule has 3 atom stereocenters. The van der Waals surface area contributed by atoms with Gasteiger partial charge in [0.15, 0.2) is 0 Å². The Labute approximate surface area is 365 Å². The van der Waals surface area contributed by atoms with Gasteiger partial charge in [0, 0.05) is 6.42 Å². The summed E-state index contributed by atoms with van der Waals surface area (Å²) >= 11 is 0. The predicted octanol–water partition coefficient (Wildman–Crippen LogP) is 14.0. The lowest BCUT2D eigenvalue weighted by Gasteiger charge is -2.26. The van der Waals surface area contributed by atoms with Gasteiger partial charge in [0.05, 0.1) is 39.9 Å². The van der Waals surface area contributed by atoms with Crippen molar-refractivity contribution in [3.8, 4) is 0 Å². The van der Waals surface area contributed by atoms with E-state index in [1.54, 1.807) is 0 Å². The van der Waals surface area contributed by atoms with Crippen molar-refractivity contribution in [2.75, 3.05) is 40.9 Å². The van der Waals surface area contributed by atoms with Crippen LogP contribution in [-0.4, -0.2) is 73.4 Å². The molecular formula is C50H96N2O6P+. The first kappa shape index (κ1) is 57.5. The van der Waals surface area contributed by atoms with Crippen LogP contribution >= 0.6 is 7.82 Å². The van der Waals surface area contributed by atoms with E-state index in [4.69, 9.17) is 9.05 Å². The number of allylic oxidation sites excluding steroid dienone is 8. The second kappa shape index (κ2) is 41.8. The molecule has 0 bridgehead atoms. The van der Waals surface area contributed by atoms with E-state index in [2.05, 4.69) is 67.8 Å². The topological polar surface area (TPSA) is 105 Å². The highest BCUT2D eigenvalue weighted by molar-refractivity contribution is 7.47. The summed E-state index contributed by atoms with van der Waals surface area (Å²) in [5, 5.41) is 13.9. The van der Waals surface area contributed by atoms with Gasteiger partial charge in [-0.2, -0.15) is 0 Å². The van der Waals surface area contributed by atoms with Crippen LogP contribution in [0.2, 0.25) is 0 Å². The van der Waals surface area contributed by atoms with Crippen molar-refractivity contribution in [1.82, 2.24) is 5.32 Å². The van der Waals surface area contributed by atoms with E-state index >= 15 is 0 Å². The first-order valence-electron chi connectivity index (χ1n) is 24.5. The zero-order valence-electron chi connectivity index (χ0n) is 39.2. The number of phosphoric acid groups is 1. The molecule has 3 unspecified atom stereocenters. The molecule has 0 saturated heterocycles. The summed E-state index contributed by atoms with van der Waals surface area (Å²) in [6, 6.07) is -0.757. The number of quaternary nitrogens is 1. The van der Waals surface area contributed by atoms with Crippen molar-refractivity contribution in [2.45, 2.75) is 225 Å². The molecule has 0 rings (SSSR count). The Morgan fingerprint density at radius 3 is 1.49 bits per heavy atom. The van der Waals surface area contributed by atoms with Crippen LogP contribution in [-0.2, 0) is 18.4 Å². The molecule has 9 heteroatoms. The van der Waals surface area contributed by atoms with Gasteiger partial charge in [0.25, 0.3) is 0 Å². The largest absolute Gasteiger partial charge is 0.472 e. The number of hydrogen-bond acceptors (Lipinski definition) is 5. The van der Waals surface area contributed by atoms with Crippen LogP contribution in [0.1, 0.15) is 213 Å². The fourth-order valence-electron chi connectivity index (χ4n) is 6.98. The third-order valence-electron chi connectivity index (χ3n) is 10.8. The second-order valence-corrected chi connectivity index (χ2v) is 19.3. The molecule has 59 heavy (non-hydrogen) atoms. The predicted molar refractivity (Wildman–Crippen MR) is 254 cm³/mol. The SMILES string of the molecule is CC/C=C\C/C=C\C/C=C\C/C=C\CCCCCCCCCCCCCCCCCCC(=O)NC(COP(=O)(O)OCC[N+](C)(C)C)C(O)CCCCCCCCCC. The third-order valence-corrected chi connectivity index (χ3v) is 11.8. The number of likely N-dealkylation sites (N-methyl/N-ethyl adjacent to an activating group) is 1. The zero-order chi connectivity index (χ0) is 43.6. The standard InChI is InChI=1S/C50H95N2O6P/c1-6-8-10-12-14-16-17-18-19-20-21-22-23-24-25-26-27-28-29-30-31-32-33-34-35-36-38-40-42-44-50(54)51-48(47-58-59(55,56)57-46-45-52(3,4)5)49(53)43-41-39-37-15-13-11-9-7-2/h8,10,14,16,18-19,21-22,48-49,53H,6-7,9,11-13,15,17,20,23-47H2,1-5H3,(H-,51,54,55,56)/p+1/b10-8-,16-14-,19-18-,22-21-. The Morgan fingerprint density at radius 1 is 0.593 bits per heavy atom. The van der Waals surface area contributed by atoms with Crippen molar-refractivity contribution in [3.05, 3.63) is 48.6 Å². The summed E-state index contributed by atoms with van der Waals surface area (Å²) in [6.07, 6.45) is 53.1. The van der Waals surface area contributed by atoms with Gasteiger partial charge in [-0.1, -0.05) is 204 Å². The van der Waals surface area contributed by atoms with Gasteiger partial charge in [-0.25, -0.2) is 4.57 Å². The van der Waals surface area contributed by atoms with Crippen LogP contribution < -0.4 is 5.32 Å². The van der Waals surface area contributed by atoms with Crippen molar-refractivity contribution in [2.24, 2.45) is 0 Å². The lowest BCUT2D eigenvalue weighted by molar-refractivity contribution is -0.870. The third kappa shape index (κ3) is 44.3. The Hall–Kier alpha value is -1.54. The molecule has 0 aromatic carbocycles. The van der Waals surface area contributed by atoms with Crippen molar-refractivity contribution < 1.29 is 32.9 Å². The molecule has 8 nitrogen and oxygen atoms in total. The normalized spacial score (nSPS) is 14.6. The van der Waals surface area contributed by atoms with Gasteiger partial charge in [0.1, 0.15) is 13.2 Å². The first-order chi connectivity index (χ1) is 28.5. The van der Waals surface area contributed by atoms with Crippen LogP contribution in [0.25, 0.3) is 0 Å². The van der Waals surface area contributed by atoms with Crippen LogP contribution in [0, 0.1) is 0 Å². The first-order valence-corrected chi connectivity index (χ1v) is 26.0. The fraction of sp³-hybridized carbons (Fsp3) is 0.820. The van der Waals surface area contributed by atoms with Crippen LogP contribution in [0.4, 0.5) is 0 Å². The van der Waals surface area contributed by atoms with Crippen molar-refractivity contribution >= 4 is 13.7 Å². The number of phosphoric ester groups is 1. The van der Waals surface area contributed by atoms with E-state index in [1.807, 2.05) is 21.1 Å². The molecule has 0 aliphatic carbocycles. The number of aliphatic hydroxyl groups is 1. The monoisotopic (exact) mass is 852 g/mol. The minimum Gasteiger partial charge on any atom is -0.391 e. The number of aliphatic hydroxyl groups excluding tert-OH is 1. The molecule has 0 spiro atoms. The zero-order valence-corrected chi connectivity index (χ0v) is 40.1. The average Bonchev–Trinajstić information content (AvgIpc) is 3.19. The maximum Gasteiger partial charge on any atom is 0.472 e. The molecule has 0 fully saturated rings. The number of nitrogens with one attached hydrogen (secondary N) is 1. The number of carbonyl (C=O) groups excluding carboxylic acids is 1. The molecule has 0 aromatic rings. The smallest absolute Gasteiger partial charge is 0.391 e. The van der Waals surface area contributed by atoms with Gasteiger partial charge in [0.2, 0.25) is 5.91 Å². The molecule has 346 valence electrons. The summed E-state index contributed by atoms with van der Waals surface area (Å²) in [7, 11) is 1.61. The molecular weight excluding hydrogens is 756 g/mol. The lowest BCUT2D eigenvalue weighted by Crippen LogP contribution is -2.46.